The molecule has 0 atom stereocenters. The maximum atomic E-state index is 11.5. The van der Waals surface area contributed by atoms with Gasteiger partial charge in [0, 0.05) is 0 Å². The fraction of sp³-hybridized carbons (Fsp3) is 0.167. The van der Waals surface area contributed by atoms with Crippen molar-refractivity contribution in [2.24, 2.45) is 0 Å². The van der Waals surface area contributed by atoms with Crippen LogP contribution in [0.2, 0.25) is 0 Å². The van der Waals surface area contributed by atoms with Crippen LogP contribution in [0.15, 0.2) is 42.7 Å². The molecule has 0 aromatic carbocycles. The van der Waals surface area contributed by atoms with Crippen molar-refractivity contribution in [1.29, 1.82) is 0 Å². The van der Waals surface area contributed by atoms with Gasteiger partial charge in [0.15, 0.2) is 0 Å². The fourth-order valence-corrected chi connectivity index (χ4v) is 26.3. The monoisotopic (exact) mass is 550 g/mol. The van der Waals surface area contributed by atoms with Crippen LogP contribution in [0.5, 0.6) is 0 Å². The summed E-state index contributed by atoms with van der Waals surface area (Å²) in [6, 6.07) is 0. The molecule has 0 rings (SSSR count). The minimum atomic E-state index is -4.21. The van der Waals surface area contributed by atoms with E-state index in [0.717, 1.165) is 0 Å². The SMILES string of the molecule is C=[CH][Sn]([CH]=C)([O]C(=O)CCl)[O][Sn]([CH]=C)([CH]=C)[O]C(=O)CCl. The summed E-state index contributed by atoms with van der Waals surface area (Å²) in [4.78, 5) is 22.9. The molecule has 0 fully saturated rings. The first-order valence-electron chi connectivity index (χ1n) is 5.66. The quantitative estimate of drug-likeness (QED) is 0.310. The molecule has 0 heterocycles. The van der Waals surface area contributed by atoms with Gasteiger partial charge in [0.05, 0.1) is 0 Å². The van der Waals surface area contributed by atoms with Gasteiger partial charge in [-0.25, -0.2) is 0 Å². The first-order chi connectivity index (χ1) is 9.86. The normalized spacial score (nSPS) is 11.1. The van der Waals surface area contributed by atoms with E-state index in [-0.39, 0.29) is 11.8 Å². The molecule has 0 aromatic heterocycles. The van der Waals surface area contributed by atoms with Crippen LogP contribution in [-0.4, -0.2) is 62.1 Å². The van der Waals surface area contributed by atoms with Crippen molar-refractivity contribution < 1.29 is 17.1 Å². The molecular formula is C12H16Cl2O5Sn2. The average Bonchev–Trinajstić information content (AvgIpc) is 2.52. The second-order valence-electron chi connectivity index (χ2n) is 3.58. The molecule has 21 heavy (non-hydrogen) atoms. The third kappa shape index (κ3) is 6.35. The molecule has 5 nitrogen and oxygen atoms in total. The van der Waals surface area contributed by atoms with Crippen LogP contribution in [0.25, 0.3) is 0 Å². The Morgan fingerprint density at radius 1 is 0.810 bits per heavy atom. The van der Waals surface area contributed by atoms with Crippen molar-refractivity contribution in [1.82, 2.24) is 0 Å². The molecule has 116 valence electrons. The Bertz CT molecular complexity index is 397. The van der Waals surface area contributed by atoms with Gasteiger partial charge >= 0.3 is 145 Å². The molecule has 0 aliphatic heterocycles. The van der Waals surface area contributed by atoms with Crippen LogP contribution >= 0.6 is 23.2 Å². The van der Waals surface area contributed by atoms with E-state index in [4.69, 9.17) is 30.8 Å². The van der Waals surface area contributed by atoms with Gasteiger partial charge in [0.2, 0.25) is 0 Å². The summed E-state index contributed by atoms with van der Waals surface area (Å²) < 4.78 is 22.1. The van der Waals surface area contributed by atoms with E-state index in [9.17, 15) is 9.59 Å². The van der Waals surface area contributed by atoms with E-state index in [1.807, 2.05) is 0 Å². The van der Waals surface area contributed by atoms with Crippen molar-refractivity contribution in [2.45, 2.75) is 0 Å². The number of rotatable bonds is 10. The predicted octanol–water partition coefficient (Wildman–Crippen LogP) is 2.35. The van der Waals surface area contributed by atoms with Crippen molar-refractivity contribution in [3.63, 3.8) is 0 Å². The number of halogens is 2. The molecular weight excluding hydrogens is 532 g/mol. The fourth-order valence-electron chi connectivity index (χ4n) is 1.20. The standard InChI is InChI=1S/2C2H3ClO2.4C2H3.O.2Sn/c2*3-1-2(4)5;4*1-2;;;/h2*1H2,(H,4,5);4*1H,2H2;;;/q;;;;;;;2*+1/p-2. The molecule has 0 aliphatic rings. The summed E-state index contributed by atoms with van der Waals surface area (Å²) in [7, 11) is 0. The maximum absolute atomic E-state index is 11.5. The van der Waals surface area contributed by atoms with Crippen LogP contribution in [0.1, 0.15) is 0 Å². The molecule has 0 radical (unpaired) electrons. The summed E-state index contributed by atoms with van der Waals surface area (Å²) >= 11 is 2.43. The van der Waals surface area contributed by atoms with Gasteiger partial charge in [-0.3, -0.25) is 0 Å². The molecule has 0 aromatic rings. The first-order valence-corrected chi connectivity index (χ1v) is 18.0. The number of hydrogen-bond acceptors (Lipinski definition) is 5. The van der Waals surface area contributed by atoms with E-state index in [1.54, 1.807) is 0 Å². The van der Waals surface area contributed by atoms with E-state index >= 15 is 0 Å². The first kappa shape index (κ1) is 21.0. The Balaban J connectivity index is 5.51. The van der Waals surface area contributed by atoms with Crippen LogP contribution < -0.4 is 0 Å². The Morgan fingerprint density at radius 3 is 1.29 bits per heavy atom. The Labute approximate surface area is 144 Å². The third-order valence-corrected chi connectivity index (χ3v) is 26.3. The molecule has 0 spiro atoms. The van der Waals surface area contributed by atoms with E-state index in [1.165, 1.54) is 16.4 Å². The molecule has 0 bridgehead atoms. The number of carbonyl (C=O) groups is 2. The molecule has 0 amide bonds. The Kier molecular flexibility index (Phi) is 9.95. The van der Waals surface area contributed by atoms with E-state index in [2.05, 4.69) is 26.3 Å². The zero-order valence-electron chi connectivity index (χ0n) is 11.3. The van der Waals surface area contributed by atoms with Crippen LogP contribution in [-0.2, 0) is 17.1 Å². The minimum absolute atomic E-state index is 0.337. The zero-order valence-corrected chi connectivity index (χ0v) is 18.6. The van der Waals surface area contributed by atoms with Crippen LogP contribution in [0.4, 0.5) is 0 Å². The van der Waals surface area contributed by atoms with Gasteiger partial charge in [-0.1, -0.05) is 0 Å². The van der Waals surface area contributed by atoms with E-state index < -0.39 is 50.3 Å². The molecule has 0 saturated carbocycles. The average molecular weight is 549 g/mol. The van der Waals surface area contributed by atoms with Gasteiger partial charge < -0.3 is 0 Å². The molecule has 0 saturated heterocycles. The second-order valence-corrected chi connectivity index (χ2v) is 22.7. The van der Waals surface area contributed by atoms with E-state index in [0.29, 0.717) is 0 Å². The second kappa shape index (κ2) is 9.93. The van der Waals surface area contributed by atoms with Gasteiger partial charge in [0.25, 0.3) is 0 Å². The molecule has 9 heteroatoms. The Morgan fingerprint density at radius 2 is 1.10 bits per heavy atom. The molecule has 0 aliphatic carbocycles. The van der Waals surface area contributed by atoms with Gasteiger partial charge in [-0.15, -0.1) is 0 Å². The van der Waals surface area contributed by atoms with Crippen molar-refractivity contribution in [3.8, 4) is 0 Å². The summed E-state index contributed by atoms with van der Waals surface area (Å²) in [5.41, 5.74) is 0. The summed E-state index contributed by atoms with van der Waals surface area (Å²) in [6.45, 7) is 14.5. The Hall–Kier alpha value is 0.0374. The third-order valence-electron chi connectivity index (χ3n) is 2.22. The summed E-state index contributed by atoms with van der Waals surface area (Å²) in [5.74, 6) is -2.00. The number of hydrogen-bond donors (Lipinski definition) is 0. The number of alkyl halides is 2. The number of carbonyl (C=O) groups excluding carboxylic acids is 2. The van der Waals surface area contributed by atoms with Gasteiger partial charge in [0.1, 0.15) is 0 Å². The van der Waals surface area contributed by atoms with Crippen molar-refractivity contribution in [3.05, 3.63) is 42.7 Å². The predicted molar refractivity (Wildman–Crippen MR) is 87.0 cm³/mol. The van der Waals surface area contributed by atoms with Gasteiger partial charge in [-0.05, 0) is 0 Å². The van der Waals surface area contributed by atoms with Gasteiger partial charge in [-0.2, -0.15) is 0 Å². The molecule has 0 unspecified atom stereocenters. The summed E-state index contributed by atoms with van der Waals surface area (Å²) in [5, 5.41) is 0. The van der Waals surface area contributed by atoms with Crippen LogP contribution in [0, 0.1) is 0 Å². The van der Waals surface area contributed by atoms with Crippen LogP contribution in [0.3, 0.4) is 0 Å². The zero-order chi connectivity index (χ0) is 16.5. The van der Waals surface area contributed by atoms with Crippen molar-refractivity contribution in [2.75, 3.05) is 11.8 Å². The summed E-state index contributed by atoms with van der Waals surface area (Å²) in [6.07, 6.45) is 0. The van der Waals surface area contributed by atoms with Crippen molar-refractivity contribution >= 4 is 73.6 Å². The molecule has 0 N–H and O–H groups in total. The topological polar surface area (TPSA) is 61.8 Å².